The predicted octanol–water partition coefficient (Wildman–Crippen LogP) is 5.85. The van der Waals surface area contributed by atoms with Crippen molar-refractivity contribution >= 4 is 55.6 Å². The number of hydrogen-bond acceptors (Lipinski definition) is 7. The predicted molar refractivity (Wildman–Crippen MR) is 124 cm³/mol. The fraction of sp³-hybridized carbons (Fsp3) is 0.0909. The molecule has 162 valence electrons. The van der Waals surface area contributed by atoms with Crippen LogP contribution in [0, 0.1) is 10.1 Å². The molecule has 0 saturated heterocycles. The first kappa shape index (κ1) is 21.5. The first-order valence-electron chi connectivity index (χ1n) is 9.29. The fourth-order valence-electron chi connectivity index (χ4n) is 3.14. The van der Waals surface area contributed by atoms with E-state index < -0.39 is 10.8 Å². The number of carbonyl (C=O) groups excluding carboxylic acids is 1. The van der Waals surface area contributed by atoms with Crippen molar-refractivity contribution in [3.63, 3.8) is 0 Å². The second kappa shape index (κ2) is 8.81. The van der Waals surface area contributed by atoms with Crippen molar-refractivity contribution in [3.05, 3.63) is 81.4 Å². The Balaban J connectivity index is 1.90. The van der Waals surface area contributed by atoms with Crippen LogP contribution in [0.1, 0.15) is 10.4 Å². The normalized spacial score (nSPS) is 10.7. The Bertz CT molecular complexity index is 1340. The van der Waals surface area contributed by atoms with E-state index in [1.165, 1.54) is 31.3 Å². The Kier molecular flexibility index (Phi) is 5.93. The lowest BCUT2D eigenvalue weighted by molar-refractivity contribution is -0.384. The molecule has 3 aromatic carbocycles. The van der Waals surface area contributed by atoms with Gasteiger partial charge in [0.05, 0.1) is 45.6 Å². The van der Waals surface area contributed by atoms with Crippen molar-refractivity contribution in [2.24, 2.45) is 0 Å². The minimum Gasteiger partial charge on any atom is -0.493 e. The number of nitro benzene ring substituents is 1. The van der Waals surface area contributed by atoms with Crippen molar-refractivity contribution in [1.82, 2.24) is 4.98 Å². The SMILES string of the molecule is COc1ccc(N(C(=O)c2ccccc2Cl)c2nc3ccc([N+](=O)[O-])cc3s2)cc1OC. The van der Waals surface area contributed by atoms with Gasteiger partial charge in [0.25, 0.3) is 11.6 Å². The number of aromatic nitrogens is 1. The number of hydrogen-bond donors (Lipinski definition) is 0. The van der Waals surface area contributed by atoms with Gasteiger partial charge >= 0.3 is 0 Å². The van der Waals surface area contributed by atoms with Crippen molar-refractivity contribution < 1.29 is 19.2 Å². The number of ether oxygens (including phenoxy) is 2. The highest BCUT2D eigenvalue weighted by molar-refractivity contribution is 7.22. The molecule has 4 aromatic rings. The lowest BCUT2D eigenvalue weighted by Gasteiger charge is -2.22. The third-order valence-corrected chi connectivity index (χ3v) is 6.03. The summed E-state index contributed by atoms with van der Waals surface area (Å²) in [5.41, 5.74) is 1.24. The minimum atomic E-state index is -0.472. The summed E-state index contributed by atoms with van der Waals surface area (Å²) >= 11 is 7.45. The molecule has 0 spiro atoms. The number of nitro groups is 1. The molecule has 1 heterocycles. The molecule has 0 N–H and O–H groups in total. The van der Waals surface area contributed by atoms with E-state index in [-0.39, 0.29) is 11.3 Å². The summed E-state index contributed by atoms with van der Waals surface area (Å²) in [7, 11) is 3.02. The molecule has 0 fully saturated rings. The zero-order chi connectivity index (χ0) is 22.8. The van der Waals surface area contributed by atoms with Crippen LogP contribution >= 0.6 is 22.9 Å². The number of halogens is 1. The van der Waals surface area contributed by atoms with Crippen LogP contribution in [0.25, 0.3) is 10.2 Å². The summed E-state index contributed by atoms with van der Waals surface area (Å²) < 4.78 is 11.3. The van der Waals surface area contributed by atoms with Gasteiger partial charge in [-0.05, 0) is 30.3 Å². The Hall–Kier alpha value is -3.69. The van der Waals surface area contributed by atoms with Crippen molar-refractivity contribution in [3.8, 4) is 11.5 Å². The zero-order valence-corrected chi connectivity index (χ0v) is 18.5. The molecule has 0 atom stereocenters. The molecule has 0 aliphatic carbocycles. The molecule has 10 heteroatoms. The van der Waals surface area contributed by atoms with E-state index in [0.29, 0.717) is 37.6 Å². The van der Waals surface area contributed by atoms with Crippen molar-refractivity contribution in [2.45, 2.75) is 0 Å². The summed E-state index contributed by atoms with van der Waals surface area (Å²) in [6.45, 7) is 0. The largest absolute Gasteiger partial charge is 0.493 e. The lowest BCUT2D eigenvalue weighted by Crippen LogP contribution is -2.26. The molecule has 0 radical (unpaired) electrons. The number of nitrogens with zero attached hydrogens (tertiary/aromatic N) is 3. The highest BCUT2D eigenvalue weighted by atomic mass is 35.5. The van der Waals surface area contributed by atoms with Crippen molar-refractivity contribution in [2.75, 3.05) is 19.1 Å². The Morgan fingerprint density at radius 1 is 1.06 bits per heavy atom. The smallest absolute Gasteiger partial charge is 0.270 e. The summed E-state index contributed by atoms with van der Waals surface area (Å²) in [6, 6.07) is 16.1. The third-order valence-electron chi connectivity index (χ3n) is 4.70. The Morgan fingerprint density at radius 3 is 2.50 bits per heavy atom. The number of benzene rings is 3. The molecule has 0 bridgehead atoms. The first-order valence-corrected chi connectivity index (χ1v) is 10.5. The van der Waals surface area contributed by atoms with Gasteiger partial charge in [0.15, 0.2) is 16.6 Å². The van der Waals surface area contributed by atoms with E-state index in [1.54, 1.807) is 48.5 Å². The van der Waals surface area contributed by atoms with Crippen LogP contribution in [0.2, 0.25) is 5.02 Å². The second-order valence-corrected chi connectivity index (χ2v) is 7.98. The summed E-state index contributed by atoms with van der Waals surface area (Å²) in [5.74, 6) is 0.524. The van der Waals surface area contributed by atoms with Gasteiger partial charge in [0.1, 0.15) is 0 Å². The summed E-state index contributed by atoms with van der Waals surface area (Å²) in [5, 5.41) is 11.8. The molecule has 1 amide bonds. The van der Waals surface area contributed by atoms with Crippen LogP contribution in [0.3, 0.4) is 0 Å². The second-order valence-electron chi connectivity index (χ2n) is 6.57. The quantitative estimate of drug-likeness (QED) is 0.259. The van der Waals surface area contributed by atoms with Gasteiger partial charge in [-0.15, -0.1) is 0 Å². The first-order chi connectivity index (χ1) is 15.4. The maximum Gasteiger partial charge on any atom is 0.270 e. The Morgan fingerprint density at radius 2 is 1.81 bits per heavy atom. The molecular formula is C22H16ClN3O5S. The van der Waals surface area contributed by atoms with E-state index in [1.807, 2.05) is 0 Å². The van der Waals surface area contributed by atoms with Crippen LogP contribution in [0.4, 0.5) is 16.5 Å². The zero-order valence-electron chi connectivity index (χ0n) is 16.9. The highest BCUT2D eigenvalue weighted by Gasteiger charge is 2.26. The molecule has 8 nitrogen and oxygen atoms in total. The fourth-order valence-corrected chi connectivity index (χ4v) is 4.38. The average molecular weight is 470 g/mol. The molecular weight excluding hydrogens is 454 g/mol. The molecule has 4 rings (SSSR count). The number of anilines is 2. The number of carbonyl (C=O) groups is 1. The summed E-state index contributed by atoms with van der Waals surface area (Å²) in [4.78, 5) is 30.2. The topological polar surface area (TPSA) is 94.8 Å². The van der Waals surface area contributed by atoms with Gasteiger partial charge in [0.2, 0.25) is 0 Å². The van der Waals surface area contributed by atoms with Crippen LogP contribution in [0.5, 0.6) is 11.5 Å². The van der Waals surface area contributed by atoms with Gasteiger partial charge in [-0.3, -0.25) is 19.8 Å². The molecule has 1 aromatic heterocycles. The number of fused-ring (bicyclic) bond motifs is 1. The molecule has 0 saturated carbocycles. The lowest BCUT2D eigenvalue weighted by atomic mass is 10.1. The number of amides is 1. The van der Waals surface area contributed by atoms with E-state index >= 15 is 0 Å². The molecule has 0 unspecified atom stereocenters. The number of non-ortho nitro benzene ring substituents is 1. The average Bonchev–Trinajstić information content (AvgIpc) is 3.21. The molecule has 0 aliphatic rings. The monoisotopic (exact) mass is 469 g/mol. The van der Waals surface area contributed by atoms with Crippen LogP contribution in [-0.2, 0) is 0 Å². The van der Waals surface area contributed by atoms with Gasteiger partial charge in [0, 0.05) is 18.2 Å². The maximum atomic E-state index is 13.6. The summed E-state index contributed by atoms with van der Waals surface area (Å²) in [6.07, 6.45) is 0. The van der Waals surface area contributed by atoms with Crippen LogP contribution in [0.15, 0.2) is 60.7 Å². The highest BCUT2D eigenvalue weighted by Crippen LogP contribution is 2.39. The van der Waals surface area contributed by atoms with Crippen molar-refractivity contribution in [1.29, 1.82) is 0 Å². The van der Waals surface area contributed by atoms with Gasteiger partial charge in [-0.1, -0.05) is 35.1 Å². The van der Waals surface area contributed by atoms with Gasteiger partial charge in [-0.2, -0.15) is 0 Å². The maximum absolute atomic E-state index is 13.6. The molecule has 0 aliphatic heterocycles. The van der Waals surface area contributed by atoms with E-state index in [2.05, 4.69) is 4.98 Å². The number of rotatable bonds is 6. The number of methoxy groups -OCH3 is 2. The molecule has 32 heavy (non-hydrogen) atoms. The third kappa shape index (κ3) is 3.95. The number of thiazole rings is 1. The standard InChI is InChI=1S/C22H16ClN3O5S/c1-30-18-10-8-13(11-19(18)31-2)25(21(27)15-5-3-4-6-16(15)23)22-24-17-9-7-14(26(28)29)12-20(17)32-22/h3-12H,1-2H3. The van der Waals surface area contributed by atoms with Gasteiger partial charge in [-0.25, -0.2) is 4.98 Å². The van der Waals surface area contributed by atoms with E-state index in [0.717, 1.165) is 11.3 Å². The van der Waals surface area contributed by atoms with Gasteiger partial charge < -0.3 is 9.47 Å². The van der Waals surface area contributed by atoms with E-state index in [4.69, 9.17) is 21.1 Å². The van der Waals surface area contributed by atoms with E-state index in [9.17, 15) is 14.9 Å². The van der Waals surface area contributed by atoms with Crippen LogP contribution in [-0.4, -0.2) is 30.0 Å². The Labute approximate surface area is 191 Å². The minimum absolute atomic E-state index is 0.0530. The van der Waals surface area contributed by atoms with Crippen LogP contribution < -0.4 is 14.4 Å².